The van der Waals surface area contributed by atoms with Crippen LogP contribution in [0.1, 0.15) is 44.1 Å². The van der Waals surface area contributed by atoms with Gasteiger partial charge in [0.1, 0.15) is 17.0 Å². The Morgan fingerprint density at radius 1 is 1.10 bits per heavy atom. The summed E-state index contributed by atoms with van der Waals surface area (Å²) in [6, 6.07) is 15.4. The van der Waals surface area contributed by atoms with Gasteiger partial charge in [-0.15, -0.1) is 0 Å². The first-order valence-electron chi connectivity index (χ1n) is 9.77. The molecule has 1 aliphatic heterocycles. The van der Waals surface area contributed by atoms with Gasteiger partial charge in [-0.05, 0) is 66.6 Å². The van der Waals surface area contributed by atoms with Gasteiger partial charge < -0.3 is 9.47 Å². The number of ether oxygens (including phenoxy) is 2. The Balaban J connectivity index is 1.76. The van der Waals surface area contributed by atoms with E-state index in [4.69, 9.17) is 9.47 Å². The van der Waals surface area contributed by atoms with Gasteiger partial charge in [-0.3, -0.25) is 9.59 Å². The SMILES string of the molecule is CC(=O)C1(C(C#CSc2ccccc2)c2ccc3c(c2)OCO3)CCCCC1=O. The molecule has 0 radical (unpaired) electrons. The Bertz CT molecular complexity index is 989. The highest BCUT2D eigenvalue weighted by atomic mass is 32.2. The fourth-order valence-corrected chi connectivity index (χ4v) is 4.74. The Hall–Kier alpha value is -2.71. The topological polar surface area (TPSA) is 52.6 Å². The summed E-state index contributed by atoms with van der Waals surface area (Å²) in [7, 11) is 0. The van der Waals surface area contributed by atoms with Crippen molar-refractivity contribution in [3.05, 3.63) is 54.1 Å². The van der Waals surface area contributed by atoms with Gasteiger partial charge in [0.15, 0.2) is 11.5 Å². The van der Waals surface area contributed by atoms with Crippen molar-refractivity contribution in [1.29, 1.82) is 0 Å². The first-order chi connectivity index (χ1) is 14.1. The maximum Gasteiger partial charge on any atom is 0.231 e. The zero-order valence-electron chi connectivity index (χ0n) is 16.3. The van der Waals surface area contributed by atoms with Crippen molar-refractivity contribution in [1.82, 2.24) is 0 Å². The maximum atomic E-state index is 13.1. The maximum absolute atomic E-state index is 13.1. The summed E-state index contributed by atoms with van der Waals surface area (Å²) in [6.07, 6.45) is 2.63. The molecule has 2 aliphatic rings. The highest BCUT2D eigenvalue weighted by Crippen LogP contribution is 2.47. The first kappa shape index (κ1) is 19.6. The molecule has 1 fully saturated rings. The van der Waals surface area contributed by atoms with E-state index in [1.54, 1.807) is 0 Å². The lowest BCUT2D eigenvalue weighted by Gasteiger charge is -2.38. The van der Waals surface area contributed by atoms with Crippen LogP contribution in [0.4, 0.5) is 0 Å². The molecule has 1 saturated carbocycles. The number of carbonyl (C=O) groups excluding carboxylic acids is 2. The molecule has 0 N–H and O–H groups in total. The van der Waals surface area contributed by atoms with Gasteiger partial charge in [-0.25, -0.2) is 0 Å². The summed E-state index contributed by atoms with van der Waals surface area (Å²) in [4.78, 5) is 27.0. The van der Waals surface area contributed by atoms with E-state index in [0.717, 1.165) is 23.3 Å². The van der Waals surface area contributed by atoms with E-state index < -0.39 is 11.3 Å². The fraction of sp³-hybridized carbons (Fsp3) is 0.333. The van der Waals surface area contributed by atoms with Crippen LogP contribution >= 0.6 is 11.8 Å². The van der Waals surface area contributed by atoms with Crippen LogP contribution < -0.4 is 9.47 Å². The first-order valence-corrected chi connectivity index (χ1v) is 10.6. The summed E-state index contributed by atoms with van der Waals surface area (Å²) < 4.78 is 10.9. The molecule has 5 heteroatoms. The van der Waals surface area contributed by atoms with Gasteiger partial charge in [0.25, 0.3) is 0 Å². The molecule has 4 nitrogen and oxygen atoms in total. The number of Topliss-reactive ketones (excluding diaryl/α,β-unsaturated/α-hetero) is 2. The minimum atomic E-state index is -1.10. The molecule has 1 heterocycles. The zero-order chi connectivity index (χ0) is 20.3. The van der Waals surface area contributed by atoms with Crippen LogP contribution in [-0.2, 0) is 9.59 Å². The van der Waals surface area contributed by atoms with Crippen LogP contribution in [0.5, 0.6) is 11.5 Å². The van der Waals surface area contributed by atoms with Crippen LogP contribution in [0.3, 0.4) is 0 Å². The lowest BCUT2D eigenvalue weighted by molar-refractivity contribution is -0.142. The summed E-state index contributed by atoms with van der Waals surface area (Å²) in [5, 5.41) is 3.16. The average molecular weight is 407 g/mol. The second kappa shape index (κ2) is 8.34. The van der Waals surface area contributed by atoms with E-state index in [1.165, 1.54) is 18.7 Å². The lowest BCUT2D eigenvalue weighted by Crippen LogP contribution is -2.45. The van der Waals surface area contributed by atoms with E-state index in [1.807, 2.05) is 48.5 Å². The van der Waals surface area contributed by atoms with Crippen molar-refractivity contribution >= 4 is 23.3 Å². The van der Waals surface area contributed by atoms with Crippen molar-refractivity contribution < 1.29 is 19.1 Å². The number of hydrogen-bond acceptors (Lipinski definition) is 5. The Morgan fingerprint density at radius 2 is 1.90 bits per heavy atom. The summed E-state index contributed by atoms with van der Waals surface area (Å²) in [5.41, 5.74) is -0.281. The second-order valence-corrected chi connectivity index (χ2v) is 8.24. The van der Waals surface area contributed by atoms with E-state index in [0.29, 0.717) is 24.3 Å². The predicted octanol–water partition coefficient (Wildman–Crippen LogP) is 4.97. The molecule has 2 unspecified atom stereocenters. The number of rotatable bonds is 4. The molecule has 0 spiro atoms. The number of thioether (sulfide) groups is 1. The summed E-state index contributed by atoms with van der Waals surface area (Å²) >= 11 is 1.40. The zero-order valence-corrected chi connectivity index (χ0v) is 17.1. The van der Waals surface area contributed by atoms with Crippen LogP contribution in [0.2, 0.25) is 0 Å². The predicted molar refractivity (Wildman–Crippen MR) is 112 cm³/mol. The molecule has 0 aromatic heterocycles. The van der Waals surface area contributed by atoms with Gasteiger partial charge in [0.05, 0.1) is 5.92 Å². The van der Waals surface area contributed by atoms with Crippen molar-refractivity contribution in [2.75, 3.05) is 6.79 Å². The van der Waals surface area contributed by atoms with Crippen molar-refractivity contribution in [2.24, 2.45) is 5.41 Å². The van der Waals surface area contributed by atoms with E-state index in [2.05, 4.69) is 11.2 Å². The molecule has 0 saturated heterocycles. The molecule has 1 aliphatic carbocycles. The van der Waals surface area contributed by atoms with E-state index >= 15 is 0 Å². The number of hydrogen-bond donors (Lipinski definition) is 0. The molecule has 2 atom stereocenters. The Morgan fingerprint density at radius 3 is 2.66 bits per heavy atom. The van der Waals surface area contributed by atoms with E-state index in [-0.39, 0.29) is 18.4 Å². The Labute approximate surface area is 175 Å². The van der Waals surface area contributed by atoms with Crippen molar-refractivity contribution in [3.8, 4) is 22.7 Å². The normalized spacial score (nSPS) is 21.2. The third-order valence-corrected chi connectivity index (χ3v) is 6.42. The smallest absolute Gasteiger partial charge is 0.231 e. The molecule has 0 bridgehead atoms. The third kappa shape index (κ3) is 3.77. The molecule has 2 aromatic carbocycles. The van der Waals surface area contributed by atoms with Crippen LogP contribution in [0, 0.1) is 16.6 Å². The fourth-order valence-electron chi connectivity index (χ4n) is 4.15. The van der Waals surface area contributed by atoms with Crippen molar-refractivity contribution in [2.45, 2.75) is 43.4 Å². The Kier molecular flexibility index (Phi) is 5.64. The third-order valence-electron chi connectivity index (χ3n) is 5.69. The number of fused-ring (bicyclic) bond motifs is 1. The molecule has 4 rings (SSSR count). The molecule has 29 heavy (non-hydrogen) atoms. The van der Waals surface area contributed by atoms with Gasteiger partial charge in [0.2, 0.25) is 6.79 Å². The van der Waals surface area contributed by atoms with Gasteiger partial charge in [0, 0.05) is 11.3 Å². The van der Waals surface area contributed by atoms with Gasteiger partial charge >= 0.3 is 0 Å². The largest absolute Gasteiger partial charge is 0.454 e. The van der Waals surface area contributed by atoms with Crippen LogP contribution in [0.25, 0.3) is 0 Å². The number of ketones is 2. The minimum absolute atomic E-state index is 0.00192. The minimum Gasteiger partial charge on any atom is -0.454 e. The van der Waals surface area contributed by atoms with Gasteiger partial charge in [-0.1, -0.05) is 36.6 Å². The van der Waals surface area contributed by atoms with Crippen LogP contribution in [0.15, 0.2) is 53.4 Å². The lowest BCUT2D eigenvalue weighted by atomic mass is 9.61. The van der Waals surface area contributed by atoms with Gasteiger partial charge in [-0.2, -0.15) is 0 Å². The average Bonchev–Trinajstić information content (AvgIpc) is 3.20. The van der Waals surface area contributed by atoms with Crippen LogP contribution in [-0.4, -0.2) is 18.4 Å². The molecule has 0 amide bonds. The molecular weight excluding hydrogens is 384 g/mol. The van der Waals surface area contributed by atoms with E-state index in [9.17, 15) is 9.59 Å². The quantitative estimate of drug-likeness (QED) is 0.408. The molecule has 148 valence electrons. The molecule has 2 aromatic rings. The highest BCUT2D eigenvalue weighted by molar-refractivity contribution is 8.03. The number of benzene rings is 2. The summed E-state index contributed by atoms with van der Waals surface area (Å²) in [6.45, 7) is 1.70. The number of carbonyl (C=O) groups is 2. The summed E-state index contributed by atoms with van der Waals surface area (Å²) in [5.74, 6) is 3.95. The second-order valence-electron chi connectivity index (χ2n) is 7.37. The molecular formula is C24H22O4S. The highest BCUT2D eigenvalue weighted by Gasteiger charge is 2.50. The standard InChI is InChI=1S/C24H22O4S/c1-17(25)24(13-6-5-9-23(24)26)20(12-14-29-19-7-3-2-4-8-19)18-10-11-21-22(15-18)28-16-27-21/h2-4,7-8,10-11,15,20H,5-6,9,13,16H2,1H3. The van der Waals surface area contributed by atoms with Crippen molar-refractivity contribution in [3.63, 3.8) is 0 Å². The monoisotopic (exact) mass is 406 g/mol.